The second kappa shape index (κ2) is 23.9. The number of rotatable bonds is 23. The van der Waals surface area contributed by atoms with Gasteiger partial charge in [-0.3, -0.25) is 34.1 Å². The molecule has 1 aromatic carbocycles. The quantitative estimate of drug-likeness (QED) is 0.0166. The van der Waals surface area contributed by atoms with Crippen LogP contribution in [-0.2, 0) is 52.5 Å². The Labute approximate surface area is 347 Å². The van der Waals surface area contributed by atoms with Crippen LogP contribution in [0.3, 0.4) is 0 Å². The smallest absolute Gasteiger partial charge is 0.364 e. The lowest BCUT2D eigenvalue weighted by atomic mass is 9.88. The van der Waals surface area contributed by atoms with Gasteiger partial charge in [-0.25, -0.2) is 4.79 Å². The number of aliphatic hydroxyl groups excluding tert-OH is 6. The highest BCUT2D eigenvalue weighted by Gasteiger charge is 2.57. The Morgan fingerprint density at radius 2 is 1.62 bits per heavy atom. The van der Waals surface area contributed by atoms with E-state index in [-0.39, 0.29) is 49.8 Å². The number of carboxylic acid groups (broad SMARTS) is 1. The van der Waals surface area contributed by atoms with Crippen LogP contribution in [0.1, 0.15) is 52.4 Å². The van der Waals surface area contributed by atoms with E-state index in [1.54, 1.807) is 0 Å². The molecule has 2 fully saturated rings. The molecule has 25 nitrogen and oxygen atoms in total. The van der Waals surface area contributed by atoms with Crippen molar-refractivity contribution in [1.82, 2.24) is 16.0 Å². The molecule has 0 unspecified atom stereocenters. The average molecular weight is 877 g/mol. The second-order valence-corrected chi connectivity index (χ2v) is 14.1. The molecule has 61 heavy (non-hydrogen) atoms. The highest BCUT2D eigenvalue weighted by Crippen LogP contribution is 2.35. The van der Waals surface area contributed by atoms with Crippen LogP contribution < -0.4 is 20.7 Å². The largest absolute Gasteiger partial charge is 0.477 e. The van der Waals surface area contributed by atoms with Gasteiger partial charge in [0.1, 0.15) is 61.6 Å². The van der Waals surface area contributed by atoms with E-state index >= 15 is 0 Å². The number of nitro groups is 1. The molecule has 342 valence electrons. The van der Waals surface area contributed by atoms with Crippen molar-refractivity contribution in [3.63, 3.8) is 0 Å². The summed E-state index contributed by atoms with van der Waals surface area (Å²) in [6.07, 6.45) is -14.7. The molecule has 0 bridgehead atoms. The zero-order valence-corrected chi connectivity index (χ0v) is 33.2. The fourth-order valence-corrected chi connectivity index (χ4v) is 6.24. The number of ether oxygens (including phenoxy) is 6. The van der Waals surface area contributed by atoms with E-state index in [9.17, 15) is 74.6 Å². The minimum atomic E-state index is -2.87. The van der Waals surface area contributed by atoms with Gasteiger partial charge in [-0.1, -0.05) is 0 Å². The summed E-state index contributed by atoms with van der Waals surface area (Å²) >= 11 is 0. The zero-order valence-electron chi connectivity index (χ0n) is 33.2. The van der Waals surface area contributed by atoms with Gasteiger partial charge in [0, 0.05) is 51.8 Å². The van der Waals surface area contributed by atoms with E-state index in [1.165, 1.54) is 24.3 Å². The zero-order chi connectivity index (χ0) is 45.4. The van der Waals surface area contributed by atoms with Gasteiger partial charge in [0.05, 0.1) is 30.3 Å². The fraction of sp³-hybridized carbons (Fsp3) is 0.667. The number of carbonyl (C=O) groups is 6. The van der Waals surface area contributed by atoms with Crippen LogP contribution in [0.25, 0.3) is 0 Å². The highest BCUT2D eigenvalue weighted by atomic mass is 16.7. The van der Waals surface area contributed by atoms with E-state index in [0.717, 1.165) is 13.8 Å². The molecule has 2 aliphatic heterocycles. The third kappa shape index (κ3) is 15.2. The van der Waals surface area contributed by atoms with Crippen molar-refractivity contribution >= 4 is 41.3 Å². The Kier molecular flexibility index (Phi) is 19.7. The molecule has 0 saturated carbocycles. The number of aliphatic hydroxyl groups is 6. The number of carbonyl (C=O) groups excluding carboxylic acids is 5. The van der Waals surface area contributed by atoms with Crippen LogP contribution in [0.5, 0.6) is 5.75 Å². The molecule has 0 aromatic heterocycles. The number of esters is 2. The van der Waals surface area contributed by atoms with Crippen LogP contribution in [-0.4, -0.2) is 176 Å². The number of hydrogen-bond acceptors (Lipinski definition) is 20. The maximum Gasteiger partial charge on any atom is 0.364 e. The van der Waals surface area contributed by atoms with Crippen LogP contribution >= 0.6 is 0 Å². The molecular weight excluding hydrogens is 824 g/mol. The van der Waals surface area contributed by atoms with E-state index < -0.39 is 128 Å². The number of hydrogen-bond donors (Lipinski definition) is 10. The lowest BCUT2D eigenvalue weighted by Crippen LogP contribution is -2.69. The summed E-state index contributed by atoms with van der Waals surface area (Å²) in [6.45, 7) is -0.719. The first kappa shape index (κ1) is 50.4. The van der Waals surface area contributed by atoms with Crippen molar-refractivity contribution in [1.29, 1.82) is 0 Å². The van der Waals surface area contributed by atoms with Crippen molar-refractivity contribution in [3.05, 3.63) is 34.4 Å². The summed E-state index contributed by atoms with van der Waals surface area (Å²) in [6, 6.07) is 1.97. The molecule has 0 radical (unpaired) electrons. The van der Waals surface area contributed by atoms with Gasteiger partial charge in [0.15, 0.2) is 6.29 Å². The Morgan fingerprint density at radius 3 is 2.23 bits per heavy atom. The monoisotopic (exact) mass is 876 g/mol. The van der Waals surface area contributed by atoms with Crippen molar-refractivity contribution in [2.75, 3.05) is 33.0 Å². The summed E-state index contributed by atoms with van der Waals surface area (Å²) in [5.41, 5.74) is -0.160. The predicted molar refractivity (Wildman–Crippen MR) is 199 cm³/mol. The number of nitrogens with one attached hydrogen (secondary N) is 3. The van der Waals surface area contributed by atoms with Gasteiger partial charge in [-0.15, -0.1) is 0 Å². The number of aliphatic carboxylic acids is 1. The molecule has 11 atom stereocenters. The van der Waals surface area contributed by atoms with Crippen LogP contribution in [0.4, 0.5) is 5.69 Å². The normalized spacial score (nSPS) is 27.1. The molecule has 10 N–H and O–H groups in total. The Balaban J connectivity index is 1.57. The van der Waals surface area contributed by atoms with E-state index in [0.29, 0.717) is 12.8 Å². The van der Waals surface area contributed by atoms with Gasteiger partial charge >= 0.3 is 17.9 Å². The molecule has 1 aromatic rings. The fourth-order valence-electron chi connectivity index (χ4n) is 6.24. The van der Waals surface area contributed by atoms with Crippen LogP contribution in [0.15, 0.2) is 24.3 Å². The van der Waals surface area contributed by atoms with E-state index in [4.69, 9.17) is 23.7 Å². The van der Waals surface area contributed by atoms with E-state index in [2.05, 4.69) is 20.7 Å². The highest BCUT2D eigenvalue weighted by molar-refractivity contribution is 5.78. The Bertz CT molecular complexity index is 1670. The third-order valence-electron chi connectivity index (χ3n) is 9.35. The molecular formula is C36H52N4O21. The summed E-state index contributed by atoms with van der Waals surface area (Å²) in [5.74, 6) is -8.11. The molecule has 2 heterocycles. The average Bonchev–Trinajstić information content (AvgIpc) is 3.20. The summed E-state index contributed by atoms with van der Waals surface area (Å²) < 4.78 is 32.5. The number of non-ortho nitro benzene ring substituents is 1. The van der Waals surface area contributed by atoms with Crippen LogP contribution in [0, 0.1) is 10.1 Å². The van der Waals surface area contributed by atoms with Gasteiger partial charge in [-0.05, 0) is 31.4 Å². The predicted octanol–water partition coefficient (Wildman–Crippen LogP) is -3.76. The molecule has 3 rings (SSSR count). The van der Waals surface area contributed by atoms with Gasteiger partial charge in [0.2, 0.25) is 17.7 Å². The molecule has 2 aliphatic rings. The summed E-state index contributed by atoms with van der Waals surface area (Å²) in [5, 5.41) is 91.7. The molecule has 25 heteroatoms. The Hall–Kier alpha value is -4.96. The van der Waals surface area contributed by atoms with Crippen molar-refractivity contribution in [2.45, 2.75) is 119 Å². The van der Waals surface area contributed by atoms with Crippen LogP contribution in [0.2, 0.25) is 0 Å². The first-order valence-corrected chi connectivity index (χ1v) is 19.0. The minimum Gasteiger partial charge on any atom is -0.477 e. The SMILES string of the molecule is CC(=O)N[C@H]1[C@@H](OCCCNC(=O)CCCCC(=O)Oc2ccc([N+](=O)[O-])cc2)O[C@H](CO[C@]2(C(=O)O)C[C@H](O)[C@@H](NC(=O)CO)[C@H]([C@H](O)[C@H](O)COC(C)=O)O2)[C@H](O)[C@@H]1O. The van der Waals surface area contributed by atoms with Gasteiger partial charge in [-0.2, -0.15) is 0 Å². The Morgan fingerprint density at radius 1 is 0.951 bits per heavy atom. The summed E-state index contributed by atoms with van der Waals surface area (Å²) in [7, 11) is 0. The number of amides is 3. The first-order valence-electron chi connectivity index (χ1n) is 19.0. The maximum absolute atomic E-state index is 12.7. The number of benzene rings is 1. The number of unbranched alkanes of at least 4 members (excludes halogenated alkanes) is 1. The first-order chi connectivity index (χ1) is 28.8. The molecule has 2 saturated heterocycles. The third-order valence-corrected chi connectivity index (χ3v) is 9.35. The lowest BCUT2D eigenvalue weighted by molar-refractivity contribution is -0.384. The molecule has 3 amide bonds. The summed E-state index contributed by atoms with van der Waals surface area (Å²) in [4.78, 5) is 82.5. The van der Waals surface area contributed by atoms with Gasteiger partial charge in [0.25, 0.3) is 11.5 Å². The minimum absolute atomic E-state index is 0.00779. The van der Waals surface area contributed by atoms with Crippen molar-refractivity contribution < 1.29 is 97.9 Å². The van der Waals surface area contributed by atoms with Crippen molar-refractivity contribution in [2.24, 2.45) is 0 Å². The number of nitro benzene ring substituents is 1. The molecule has 0 spiro atoms. The lowest BCUT2D eigenvalue weighted by Gasteiger charge is -2.47. The standard InChI is InChI=1S/C36H52N4O21/c1-18(42)38-29-32(51)31(50)24(17-58-36(35(52)53)14-22(44)28(39-26(47)15-41)33(61-36)30(49)23(45)16-57-19(2)43)60-34(29)56-13-5-12-37-25(46)6-3-4-7-27(48)59-21-10-8-20(9-11-21)40(54)55/h8-11,22-24,28-34,41,44-45,49-51H,3-7,12-17H2,1-2H3,(H,37,46)(H,38,42)(H,39,47)(H,52,53)/t22-,23+,24+,28+,29+,30+,31-,32+,33+,34-,36+/m0/s1. The maximum atomic E-state index is 12.7. The van der Waals surface area contributed by atoms with Gasteiger partial charge < -0.3 is 80.1 Å². The van der Waals surface area contributed by atoms with E-state index in [1.807, 2.05) is 0 Å². The second-order valence-electron chi connectivity index (χ2n) is 14.1. The van der Waals surface area contributed by atoms with Crippen molar-refractivity contribution in [3.8, 4) is 5.75 Å². The topological polar surface area (TPSA) is 379 Å². The number of carboxylic acids is 1. The number of nitrogens with zero attached hydrogens (tertiary/aromatic N) is 1. The molecule has 0 aliphatic carbocycles.